The molecule has 0 aromatic heterocycles. The molecule has 2 N–H and O–H groups in total. The molecule has 4 aliphatic rings. The molecule has 4 rings (SSSR count). The van der Waals surface area contributed by atoms with Crippen molar-refractivity contribution in [3.8, 4) is 0 Å². The van der Waals surface area contributed by atoms with Crippen LogP contribution >= 0.6 is 0 Å². The van der Waals surface area contributed by atoms with Crippen LogP contribution in [-0.2, 0) is 9.57 Å². The van der Waals surface area contributed by atoms with E-state index >= 15 is 0 Å². The van der Waals surface area contributed by atoms with E-state index in [1.807, 2.05) is 6.92 Å². The molecule has 8 atom stereocenters. The van der Waals surface area contributed by atoms with Gasteiger partial charge in [0, 0.05) is 6.42 Å². The van der Waals surface area contributed by atoms with Crippen molar-refractivity contribution >= 4 is 12.2 Å². The van der Waals surface area contributed by atoms with Crippen molar-refractivity contribution in [1.82, 2.24) is 5.06 Å². The minimum absolute atomic E-state index is 0.203. The van der Waals surface area contributed by atoms with E-state index < -0.39 is 12.2 Å². The molecule has 6 heteroatoms. The number of unbranched alkanes of at least 4 members (excludes halogenated alkanes) is 1. The van der Waals surface area contributed by atoms with E-state index in [2.05, 4.69) is 40.7 Å². The smallest absolute Gasteiger partial charge is 0.429 e. The van der Waals surface area contributed by atoms with Crippen molar-refractivity contribution in [2.45, 2.75) is 131 Å². The first-order chi connectivity index (χ1) is 18.5. The Balaban J connectivity index is 1.37. The number of urea groups is 1. The standard InChI is InChI=1S/C33H56N2O4/c1-7-8-20-35(30(34)36)39-31(37)38-25-16-18-32(5)24(21-25)12-13-26-28-15-14-27(23(4)11-9-10-22(2)3)33(28,6)19-17-29(26)32/h12,22-23,25-29H,7-11,13-21H2,1-6H3,(H2,34,36)/t23-,25+,26+,27-,28+,29+,32+,33-/m1/s1. The first-order valence-corrected chi connectivity index (χ1v) is 16.1. The summed E-state index contributed by atoms with van der Waals surface area (Å²) in [4.78, 5) is 29.3. The van der Waals surface area contributed by atoms with Crippen LogP contribution in [0.3, 0.4) is 0 Å². The zero-order valence-corrected chi connectivity index (χ0v) is 25.7. The van der Waals surface area contributed by atoms with Gasteiger partial charge in [0.15, 0.2) is 0 Å². The number of amides is 2. The summed E-state index contributed by atoms with van der Waals surface area (Å²) < 4.78 is 5.70. The topological polar surface area (TPSA) is 81.9 Å². The molecule has 0 aliphatic heterocycles. The molecule has 2 amide bonds. The van der Waals surface area contributed by atoms with E-state index in [4.69, 9.17) is 15.3 Å². The Hall–Kier alpha value is -1.72. The highest BCUT2D eigenvalue weighted by molar-refractivity contribution is 5.73. The van der Waals surface area contributed by atoms with Crippen LogP contribution in [0.5, 0.6) is 0 Å². The molecule has 0 spiro atoms. The molecule has 3 saturated carbocycles. The van der Waals surface area contributed by atoms with E-state index in [1.165, 1.54) is 56.9 Å². The van der Waals surface area contributed by atoms with Crippen LogP contribution < -0.4 is 5.73 Å². The lowest BCUT2D eigenvalue weighted by Crippen LogP contribution is -2.51. The van der Waals surface area contributed by atoms with Gasteiger partial charge >= 0.3 is 12.2 Å². The van der Waals surface area contributed by atoms with Crippen LogP contribution in [0.4, 0.5) is 9.59 Å². The number of carbonyl (C=O) groups is 2. The van der Waals surface area contributed by atoms with Gasteiger partial charge in [-0.15, -0.1) is 0 Å². The highest BCUT2D eigenvalue weighted by Gasteiger charge is 2.59. The van der Waals surface area contributed by atoms with Crippen LogP contribution in [0.25, 0.3) is 0 Å². The first kappa shape index (κ1) is 30.2. The van der Waals surface area contributed by atoms with Crippen molar-refractivity contribution in [2.75, 3.05) is 6.54 Å². The van der Waals surface area contributed by atoms with Gasteiger partial charge in [-0.25, -0.2) is 9.59 Å². The molecule has 0 aromatic rings. The Morgan fingerprint density at radius 2 is 1.82 bits per heavy atom. The number of fused-ring (bicyclic) bond motifs is 5. The first-order valence-electron chi connectivity index (χ1n) is 16.1. The number of carbonyl (C=O) groups excluding carboxylic acids is 2. The maximum Gasteiger partial charge on any atom is 0.533 e. The summed E-state index contributed by atoms with van der Waals surface area (Å²) in [5.41, 5.74) is 7.55. The number of ether oxygens (including phenoxy) is 1. The van der Waals surface area contributed by atoms with Gasteiger partial charge in [0.25, 0.3) is 0 Å². The predicted molar refractivity (Wildman–Crippen MR) is 156 cm³/mol. The molecule has 0 saturated heterocycles. The van der Waals surface area contributed by atoms with E-state index in [0.717, 1.165) is 66.3 Å². The van der Waals surface area contributed by atoms with Crippen LogP contribution in [0.2, 0.25) is 0 Å². The SMILES string of the molecule is CCCCN(OC(=O)O[C@H]1CC[C@@]2(C)C(=CC[C@H]3[C@@H]4CC[C@H]([C@H](C)CCCC(C)C)[C@@]4(C)CC[C@@H]32)C1)C(N)=O. The highest BCUT2D eigenvalue weighted by atomic mass is 16.8. The number of hydrogen-bond acceptors (Lipinski definition) is 4. The molecule has 0 heterocycles. The predicted octanol–water partition coefficient (Wildman–Crippen LogP) is 8.65. The number of nitrogens with two attached hydrogens (primary N) is 1. The van der Waals surface area contributed by atoms with E-state index in [1.54, 1.807) is 0 Å². The van der Waals surface area contributed by atoms with E-state index in [9.17, 15) is 9.59 Å². The molecule has 0 aromatic carbocycles. The fraction of sp³-hybridized carbons (Fsp3) is 0.879. The van der Waals surface area contributed by atoms with Crippen LogP contribution in [0, 0.1) is 46.3 Å². The van der Waals surface area contributed by atoms with Crippen molar-refractivity contribution in [3.63, 3.8) is 0 Å². The number of allylic oxidation sites excluding steroid dienone is 1. The molecular formula is C33H56N2O4. The Bertz CT molecular complexity index is 902. The van der Waals surface area contributed by atoms with Crippen LogP contribution in [0.15, 0.2) is 11.6 Å². The molecule has 0 bridgehead atoms. The molecule has 222 valence electrons. The molecule has 3 fully saturated rings. The minimum atomic E-state index is -0.819. The average molecular weight is 545 g/mol. The summed E-state index contributed by atoms with van der Waals surface area (Å²) in [5, 5.41) is 0.919. The molecular weight excluding hydrogens is 488 g/mol. The Morgan fingerprint density at radius 1 is 1.05 bits per heavy atom. The lowest BCUT2D eigenvalue weighted by Gasteiger charge is -2.58. The Labute approximate surface area is 237 Å². The average Bonchev–Trinajstić information content (AvgIpc) is 3.23. The second-order valence-corrected chi connectivity index (χ2v) is 14.4. The van der Waals surface area contributed by atoms with Crippen molar-refractivity contribution in [1.29, 1.82) is 0 Å². The fourth-order valence-electron chi connectivity index (χ4n) is 9.50. The van der Waals surface area contributed by atoms with Gasteiger partial charge in [0.05, 0.1) is 6.54 Å². The molecule has 39 heavy (non-hydrogen) atoms. The summed E-state index contributed by atoms with van der Waals surface area (Å²) in [6.45, 7) is 14.7. The second kappa shape index (κ2) is 12.4. The summed E-state index contributed by atoms with van der Waals surface area (Å²) in [5.74, 6) is 4.88. The van der Waals surface area contributed by atoms with Gasteiger partial charge in [0.1, 0.15) is 6.10 Å². The second-order valence-electron chi connectivity index (χ2n) is 14.4. The van der Waals surface area contributed by atoms with Gasteiger partial charge < -0.3 is 15.3 Å². The van der Waals surface area contributed by atoms with Crippen molar-refractivity contribution in [3.05, 3.63) is 11.6 Å². The summed E-state index contributed by atoms with van der Waals surface area (Å²) in [6.07, 6.45) is 16.6. The summed E-state index contributed by atoms with van der Waals surface area (Å²) in [6, 6.07) is -0.763. The van der Waals surface area contributed by atoms with Gasteiger partial charge in [-0.1, -0.05) is 78.9 Å². The van der Waals surface area contributed by atoms with E-state index in [-0.39, 0.29) is 18.1 Å². The largest absolute Gasteiger partial charge is 0.533 e. The normalized spacial score (nSPS) is 36.3. The van der Waals surface area contributed by atoms with Crippen molar-refractivity contribution < 1.29 is 19.2 Å². The molecule has 0 radical (unpaired) electrons. The summed E-state index contributed by atoms with van der Waals surface area (Å²) >= 11 is 0. The number of rotatable bonds is 9. The third kappa shape index (κ3) is 6.30. The lowest BCUT2D eigenvalue weighted by molar-refractivity contribution is -0.107. The summed E-state index contributed by atoms with van der Waals surface area (Å²) in [7, 11) is 0. The number of hydroxylamine groups is 2. The zero-order chi connectivity index (χ0) is 28.4. The maximum absolute atomic E-state index is 12.5. The van der Waals surface area contributed by atoms with Crippen LogP contribution in [0.1, 0.15) is 125 Å². The number of hydrogen-bond donors (Lipinski definition) is 1. The molecule has 4 aliphatic carbocycles. The maximum atomic E-state index is 12.5. The zero-order valence-electron chi connectivity index (χ0n) is 25.7. The fourth-order valence-corrected chi connectivity index (χ4v) is 9.50. The monoisotopic (exact) mass is 544 g/mol. The van der Waals surface area contributed by atoms with Gasteiger partial charge in [-0.3, -0.25) is 0 Å². The Kier molecular flexibility index (Phi) is 9.64. The number of nitrogens with zero attached hydrogens (tertiary/aromatic N) is 1. The third-order valence-electron chi connectivity index (χ3n) is 11.7. The van der Waals surface area contributed by atoms with Gasteiger partial charge in [-0.2, -0.15) is 5.06 Å². The van der Waals surface area contributed by atoms with Gasteiger partial charge in [-0.05, 0) is 97.7 Å². The van der Waals surface area contributed by atoms with Crippen molar-refractivity contribution in [2.24, 2.45) is 52.1 Å². The Morgan fingerprint density at radius 3 is 2.51 bits per heavy atom. The molecule has 6 nitrogen and oxygen atoms in total. The minimum Gasteiger partial charge on any atom is -0.429 e. The van der Waals surface area contributed by atoms with Crippen LogP contribution in [-0.4, -0.2) is 29.9 Å². The van der Waals surface area contributed by atoms with E-state index in [0.29, 0.717) is 11.8 Å². The third-order valence-corrected chi connectivity index (χ3v) is 11.7. The van der Waals surface area contributed by atoms with Gasteiger partial charge in [0.2, 0.25) is 0 Å². The molecule has 0 unspecified atom stereocenters. The highest BCUT2D eigenvalue weighted by Crippen LogP contribution is 2.67. The number of primary amides is 1. The quantitative estimate of drug-likeness (QED) is 0.179. The lowest BCUT2D eigenvalue weighted by atomic mass is 9.47.